The van der Waals surface area contributed by atoms with E-state index in [1.54, 1.807) is 12.1 Å². The predicted molar refractivity (Wildman–Crippen MR) is 119 cm³/mol. The average Bonchev–Trinajstić information content (AvgIpc) is 3.08. The minimum atomic E-state index is -0.278. The molecule has 1 aliphatic heterocycles. The molecule has 1 aliphatic rings. The fraction of sp³-hybridized carbons (Fsp3) is 0.320. The van der Waals surface area contributed by atoms with E-state index in [4.69, 9.17) is 4.74 Å². The largest absolute Gasteiger partial charge is 0.379 e. The molecular weight excluding hydrogens is 393 g/mol. The molecule has 4 rings (SSSR count). The van der Waals surface area contributed by atoms with Crippen LogP contribution in [0.2, 0.25) is 0 Å². The fourth-order valence-electron chi connectivity index (χ4n) is 4.14. The molecule has 0 saturated carbocycles. The zero-order chi connectivity index (χ0) is 21.8. The molecule has 31 heavy (non-hydrogen) atoms. The van der Waals surface area contributed by atoms with Crippen LogP contribution in [0.25, 0.3) is 5.69 Å². The summed E-state index contributed by atoms with van der Waals surface area (Å²) in [5.74, 6) is -0.387. The molecule has 6 heteroatoms. The van der Waals surface area contributed by atoms with Crippen molar-refractivity contribution in [2.45, 2.75) is 26.9 Å². The van der Waals surface area contributed by atoms with Gasteiger partial charge in [-0.3, -0.25) is 9.69 Å². The van der Waals surface area contributed by atoms with Crippen molar-refractivity contribution >= 4 is 5.91 Å². The molecule has 3 aromatic rings. The summed E-state index contributed by atoms with van der Waals surface area (Å²) < 4.78 is 20.7. The van der Waals surface area contributed by atoms with Crippen LogP contribution in [0.4, 0.5) is 4.39 Å². The van der Waals surface area contributed by atoms with Gasteiger partial charge < -0.3 is 14.6 Å². The zero-order valence-electron chi connectivity index (χ0n) is 18.0. The minimum absolute atomic E-state index is 0.109. The van der Waals surface area contributed by atoms with Gasteiger partial charge in [-0.05, 0) is 55.3 Å². The second kappa shape index (κ2) is 9.45. The van der Waals surface area contributed by atoms with Gasteiger partial charge in [0.2, 0.25) is 0 Å². The first-order valence-corrected chi connectivity index (χ1v) is 10.6. The molecular formula is C25H28FN3O2. The quantitative estimate of drug-likeness (QED) is 0.655. The molecule has 1 N–H and O–H groups in total. The second-order valence-corrected chi connectivity index (χ2v) is 7.94. The molecule has 2 aromatic carbocycles. The van der Waals surface area contributed by atoms with Crippen molar-refractivity contribution in [3.05, 3.63) is 88.5 Å². The standard InChI is InChI=1S/C25H28FN3O2/c1-18-15-24(19(2)29(18)23-9-7-22(26)8-10-23)25(30)27-16-20-5-3-4-6-21(20)17-28-11-13-31-14-12-28/h3-10,15H,11-14,16-17H2,1-2H3,(H,27,30). The summed E-state index contributed by atoms with van der Waals surface area (Å²) in [6.45, 7) is 8.58. The van der Waals surface area contributed by atoms with Gasteiger partial charge in [0, 0.05) is 43.3 Å². The van der Waals surface area contributed by atoms with Crippen LogP contribution >= 0.6 is 0 Å². The van der Waals surface area contributed by atoms with Crippen molar-refractivity contribution in [2.75, 3.05) is 26.3 Å². The molecule has 0 spiro atoms. The first-order chi connectivity index (χ1) is 15.0. The molecule has 0 atom stereocenters. The Bertz CT molecular complexity index is 1050. The third-order valence-corrected chi connectivity index (χ3v) is 5.82. The summed E-state index contributed by atoms with van der Waals surface area (Å²) in [4.78, 5) is 15.4. The van der Waals surface area contributed by atoms with Gasteiger partial charge in [0.15, 0.2) is 0 Å². The highest BCUT2D eigenvalue weighted by Crippen LogP contribution is 2.21. The van der Waals surface area contributed by atoms with E-state index in [0.29, 0.717) is 12.1 Å². The number of ether oxygens (including phenoxy) is 1. The number of carbonyl (C=O) groups excluding carboxylic acids is 1. The number of aromatic nitrogens is 1. The second-order valence-electron chi connectivity index (χ2n) is 7.94. The summed E-state index contributed by atoms with van der Waals surface area (Å²) >= 11 is 0. The molecule has 162 valence electrons. The van der Waals surface area contributed by atoms with Gasteiger partial charge in [0.25, 0.3) is 5.91 Å². The van der Waals surface area contributed by atoms with E-state index >= 15 is 0 Å². The summed E-state index contributed by atoms with van der Waals surface area (Å²) in [7, 11) is 0. The number of morpholine rings is 1. The summed E-state index contributed by atoms with van der Waals surface area (Å²) in [5.41, 5.74) is 5.58. The SMILES string of the molecule is Cc1cc(C(=O)NCc2ccccc2CN2CCOCC2)c(C)n1-c1ccc(F)cc1. The van der Waals surface area contributed by atoms with Crippen LogP contribution in [0.1, 0.15) is 32.9 Å². The maximum Gasteiger partial charge on any atom is 0.253 e. The summed E-state index contributed by atoms with van der Waals surface area (Å²) in [5, 5.41) is 3.08. The Hall–Kier alpha value is -2.96. The molecule has 1 aromatic heterocycles. The predicted octanol–water partition coefficient (Wildman–Crippen LogP) is 4.00. The Morgan fingerprint density at radius 3 is 2.42 bits per heavy atom. The van der Waals surface area contributed by atoms with Crippen molar-refractivity contribution in [1.82, 2.24) is 14.8 Å². The molecule has 0 aliphatic carbocycles. The molecule has 1 amide bonds. The minimum Gasteiger partial charge on any atom is -0.379 e. The van der Waals surface area contributed by atoms with Gasteiger partial charge in [-0.15, -0.1) is 0 Å². The van der Waals surface area contributed by atoms with Gasteiger partial charge in [-0.2, -0.15) is 0 Å². The van der Waals surface area contributed by atoms with Crippen LogP contribution in [-0.4, -0.2) is 41.7 Å². The van der Waals surface area contributed by atoms with Gasteiger partial charge in [0.1, 0.15) is 5.82 Å². The third-order valence-electron chi connectivity index (χ3n) is 5.82. The van der Waals surface area contributed by atoms with Gasteiger partial charge in [-0.25, -0.2) is 4.39 Å². The molecule has 1 fully saturated rings. The van der Waals surface area contributed by atoms with E-state index in [0.717, 1.165) is 55.5 Å². The molecule has 0 bridgehead atoms. The molecule has 2 heterocycles. The Labute approximate surface area is 182 Å². The fourth-order valence-corrected chi connectivity index (χ4v) is 4.14. The Kier molecular flexibility index (Phi) is 6.49. The molecule has 1 saturated heterocycles. The highest BCUT2D eigenvalue weighted by atomic mass is 19.1. The lowest BCUT2D eigenvalue weighted by atomic mass is 10.1. The van der Waals surface area contributed by atoms with Crippen LogP contribution in [-0.2, 0) is 17.8 Å². The van der Waals surface area contributed by atoms with Crippen molar-refractivity contribution < 1.29 is 13.9 Å². The van der Waals surface area contributed by atoms with E-state index in [2.05, 4.69) is 22.3 Å². The van der Waals surface area contributed by atoms with Crippen LogP contribution in [0.15, 0.2) is 54.6 Å². The Morgan fingerprint density at radius 1 is 1.03 bits per heavy atom. The Morgan fingerprint density at radius 2 is 1.71 bits per heavy atom. The maximum atomic E-state index is 13.3. The first-order valence-electron chi connectivity index (χ1n) is 10.6. The van der Waals surface area contributed by atoms with Crippen molar-refractivity contribution in [1.29, 1.82) is 0 Å². The van der Waals surface area contributed by atoms with Crippen LogP contribution in [0.3, 0.4) is 0 Å². The van der Waals surface area contributed by atoms with Crippen LogP contribution < -0.4 is 5.32 Å². The lowest BCUT2D eigenvalue weighted by Crippen LogP contribution is -2.36. The lowest BCUT2D eigenvalue weighted by molar-refractivity contribution is 0.0340. The van der Waals surface area contributed by atoms with E-state index in [1.165, 1.54) is 17.7 Å². The lowest BCUT2D eigenvalue weighted by Gasteiger charge is -2.27. The van der Waals surface area contributed by atoms with Crippen molar-refractivity contribution in [3.8, 4) is 5.69 Å². The number of rotatable bonds is 6. The number of amides is 1. The van der Waals surface area contributed by atoms with E-state index in [9.17, 15) is 9.18 Å². The number of hydrogen-bond acceptors (Lipinski definition) is 3. The average molecular weight is 422 g/mol. The number of nitrogens with zero attached hydrogens (tertiary/aromatic N) is 2. The Balaban J connectivity index is 1.47. The number of benzene rings is 2. The number of nitrogens with one attached hydrogen (secondary N) is 1. The van der Waals surface area contributed by atoms with Crippen LogP contribution in [0, 0.1) is 19.7 Å². The summed E-state index contributed by atoms with van der Waals surface area (Å²) in [6, 6.07) is 16.4. The van der Waals surface area contributed by atoms with Crippen LogP contribution in [0.5, 0.6) is 0 Å². The topological polar surface area (TPSA) is 46.5 Å². The highest BCUT2D eigenvalue weighted by Gasteiger charge is 2.18. The smallest absolute Gasteiger partial charge is 0.253 e. The normalized spacial score (nSPS) is 14.5. The van der Waals surface area contributed by atoms with E-state index < -0.39 is 0 Å². The zero-order valence-corrected chi connectivity index (χ0v) is 18.0. The van der Waals surface area contributed by atoms with Crippen molar-refractivity contribution in [3.63, 3.8) is 0 Å². The number of aryl methyl sites for hydroxylation is 1. The summed E-state index contributed by atoms with van der Waals surface area (Å²) in [6.07, 6.45) is 0. The number of hydrogen-bond donors (Lipinski definition) is 1. The third kappa shape index (κ3) is 4.86. The van der Waals surface area contributed by atoms with Gasteiger partial charge in [-0.1, -0.05) is 24.3 Å². The number of halogens is 1. The first kappa shape index (κ1) is 21.3. The van der Waals surface area contributed by atoms with Gasteiger partial charge in [0.05, 0.1) is 18.8 Å². The van der Waals surface area contributed by atoms with E-state index in [1.807, 2.05) is 36.6 Å². The van der Waals surface area contributed by atoms with Crippen molar-refractivity contribution in [2.24, 2.45) is 0 Å². The van der Waals surface area contributed by atoms with E-state index in [-0.39, 0.29) is 11.7 Å². The van der Waals surface area contributed by atoms with Gasteiger partial charge >= 0.3 is 0 Å². The number of carbonyl (C=O) groups is 1. The highest BCUT2D eigenvalue weighted by molar-refractivity contribution is 5.95. The molecule has 0 radical (unpaired) electrons. The molecule has 0 unspecified atom stereocenters. The maximum absolute atomic E-state index is 13.3. The molecule has 5 nitrogen and oxygen atoms in total. The monoisotopic (exact) mass is 421 g/mol.